The molecule has 0 aliphatic rings. The maximum atomic E-state index is 13.0. The van der Waals surface area contributed by atoms with Crippen LogP contribution in [0.1, 0.15) is 52.4 Å². The van der Waals surface area contributed by atoms with Crippen LogP contribution in [0.25, 0.3) is 0 Å². The van der Waals surface area contributed by atoms with Crippen molar-refractivity contribution in [2.45, 2.75) is 64.5 Å². The van der Waals surface area contributed by atoms with E-state index in [1.54, 1.807) is 0 Å². The summed E-state index contributed by atoms with van der Waals surface area (Å²) >= 11 is 0. The minimum atomic E-state index is -1.05. The van der Waals surface area contributed by atoms with E-state index in [1.807, 2.05) is 13.8 Å². The molecule has 0 aliphatic carbocycles. The fourth-order valence-corrected chi connectivity index (χ4v) is 1.22. The standard InChI is InChI=1S/C10H20BF2/c1-3-5-7-9(12)11-10(13)8-6-4-2/h9-10H,3-8H2,1-2H3. The molecule has 0 fully saturated rings. The molecule has 0 amide bonds. The van der Waals surface area contributed by atoms with Crippen LogP contribution in [0, 0.1) is 0 Å². The van der Waals surface area contributed by atoms with Gasteiger partial charge in [-0.15, -0.1) is 0 Å². The Bertz CT molecular complexity index is 97.1. The van der Waals surface area contributed by atoms with Gasteiger partial charge in [-0.05, 0) is 12.8 Å². The van der Waals surface area contributed by atoms with Gasteiger partial charge < -0.3 is 0 Å². The molecule has 0 bridgehead atoms. The van der Waals surface area contributed by atoms with E-state index >= 15 is 0 Å². The van der Waals surface area contributed by atoms with Gasteiger partial charge in [0.05, 0.1) is 12.1 Å². The molecular formula is C10H20BF2. The summed E-state index contributed by atoms with van der Waals surface area (Å²) in [6.07, 6.45) is 2.49. The van der Waals surface area contributed by atoms with Crippen LogP contribution < -0.4 is 0 Å². The number of alkyl halides is 2. The Morgan fingerprint density at radius 2 is 1.31 bits per heavy atom. The molecule has 0 saturated heterocycles. The molecule has 77 valence electrons. The highest BCUT2D eigenvalue weighted by molar-refractivity contribution is 6.38. The van der Waals surface area contributed by atoms with Crippen molar-refractivity contribution in [1.29, 1.82) is 0 Å². The molecule has 2 atom stereocenters. The van der Waals surface area contributed by atoms with Gasteiger partial charge in [-0.2, -0.15) is 0 Å². The molecule has 0 rings (SSSR count). The van der Waals surface area contributed by atoms with Gasteiger partial charge in [0.15, 0.2) is 0 Å². The molecule has 0 aliphatic heterocycles. The summed E-state index contributed by atoms with van der Waals surface area (Å²) in [5.74, 6) is 0. The number of hydrogen-bond donors (Lipinski definition) is 0. The van der Waals surface area contributed by atoms with E-state index in [-0.39, 0.29) is 0 Å². The molecule has 1 radical (unpaired) electrons. The SMILES string of the molecule is CCCCC(F)[B]C(F)CCCC. The summed E-state index contributed by atoms with van der Waals surface area (Å²) in [5, 5.41) is 0. The normalized spacial score (nSPS) is 15.4. The Hall–Kier alpha value is -0.0751. The fourth-order valence-electron chi connectivity index (χ4n) is 1.22. The molecule has 0 saturated carbocycles. The zero-order chi connectivity index (χ0) is 10.1. The van der Waals surface area contributed by atoms with E-state index < -0.39 is 12.1 Å². The summed E-state index contributed by atoms with van der Waals surface area (Å²) in [6, 6.07) is 0. The lowest BCUT2D eigenvalue weighted by atomic mass is 9.65. The Balaban J connectivity index is 3.35. The summed E-state index contributed by atoms with van der Waals surface area (Å²) < 4.78 is 25.9. The zero-order valence-electron chi connectivity index (χ0n) is 8.73. The first kappa shape index (κ1) is 12.9. The molecule has 0 N–H and O–H groups in total. The smallest absolute Gasteiger partial charge is 0.202 e. The lowest BCUT2D eigenvalue weighted by Crippen LogP contribution is -2.22. The van der Waals surface area contributed by atoms with Crippen molar-refractivity contribution in [1.82, 2.24) is 0 Å². The number of rotatable bonds is 8. The molecule has 0 spiro atoms. The largest absolute Gasteiger partial charge is 0.257 e. The van der Waals surface area contributed by atoms with Crippen LogP contribution in [0.5, 0.6) is 0 Å². The molecule has 0 heterocycles. The summed E-state index contributed by atoms with van der Waals surface area (Å²) in [6.45, 7) is 4.02. The monoisotopic (exact) mass is 189 g/mol. The van der Waals surface area contributed by atoms with E-state index in [1.165, 1.54) is 7.28 Å². The van der Waals surface area contributed by atoms with Crippen molar-refractivity contribution in [3.05, 3.63) is 0 Å². The first-order chi connectivity index (χ1) is 6.20. The number of unbranched alkanes of at least 4 members (excludes halogenated alkanes) is 2. The third kappa shape index (κ3) is 8.26. The van der Waals surface area contributed by atoms with Crippen LogP contribution in [0.15, 0.2) is 0 Å². The summed E-state index contributed by atoms with van der Waals surface area (Å²) in [4.78, 5) is 0. The van der Waals surface area contributed by atoms with Gasteiger partial charge in [-0.25, -0.2) is 0 Å². The minimum absolute atomic E-state index is 0.475. The maximum Gasteiger partial charge on any atom is 0.202 e. The van der Waals surface area contributed by atoms with Crippen molar-refractivity contribution in [3.63, 3.8) is 0 Å². The van der Waals surface area contributed by atoms with Crippen LogP contribution in [0.4, 0.5) is 8.78 Å². The molecule has 0 nitrogen and oxygen atoms in total. The molecule has 2 unspecified atom stereocenters. The van der Waals surface area contributed by atoms with Crippen molar-refractivity contribution >= 4 is 7.28 Å². The van der Waals surface area contributed by atoms with E-state index in [0.717, 1.165) is 25.7 Å². The van der Waals surface area contributed by atoms with Gasteiger partial charge in [-0.1, -0.05) is 39.5 Å². The molecule has 0 aromatic carbocycles. The predicted molar refractivity (Wildman–Crippen MR) is 54.6 cm³/mol. The van der Waals surface area contributed by atoms with Crippen molar-refractivity contribution < 1.29 is 8.78 Å². The van der Waals surface area contributed by atoms with Gasteiger partial charge in [0.2, 0.25) is 7.28 Å². The van der Waals surface area contributed by atoms with Crippen molar-refractivity contribution in [3.8, 4) is 0 Å². The Labute approximate surface area is 81.3 Å². The van der Waals surface area contributed by atoms with E-state index in [9.17, 15) is 8.78 Å². The average molecular weight is 189 g/mol. The quantitative estimate of drug-likeness (QED) is 0.511. The molecular weight excluding hydrogens is 169 g/mol. The van der Waals surface area contributed by atoms with Crippen LogP contribution in [-0.2, 0) is 0 Å². The molecule has 13 heavy (non-hydrogen) atoms. The first-order valence-corrected chi connectivity index (χ1v) is 5.33. The summed E-state index contributed by atoms with van der Waals surface area (Å²) in [5.41, 5.74) is 0. The summed E-state index contributed by atoms with van der Waals surface area (Å²) in [7, 11) is 1.21. The number of hydrogen-bond acceptors (Lipinski definition) is 0. The minimum Gasteiger partial charge on any atom is -0.257 e. The van der Waals surface area contributed by atoms with Crippen molar-refractivity contribution in [2.24, 2.45) is 0 Å². The second-order valence-corrected chi connectivity index (χ2v) is 3.51. The van der Waals surface area contributed by atoms with Crippen LogP contribution >= 0.6 is 0 Å². The molecule has 0 aromatic rings. The van der Waals surface area contributed by atoms with Gasteiger partial charge in [0.25, 0.3) is 0 Å². The van der Waals surface area contributed by atoms with Crippen LogP contribution in [0.3, 0.4) is 0 Å². The Morgan fingerprint density at radius 3 is 1.62 bits per heavy atom. The van der Waals surface area contributed by atoms with E-state index in [4.69, 9.17) is 0 Å². The molecule has 0 aromatic heterocycles. The van der Waals surface area contributed by atoms with Crippen LogP contribution in [0.2, 0.25) is 0 Å². The first-order valence-electron chi connectivity index (χ1n) is 5.33. The van der Waals surface area contributed by atoms with E-state index in [0.29, 0.717) is 12.8 Å². The fraction of sp³-hybridized carbons (Fsp3) is 1.00. The maximum absolute atomic E-state index is 13.0. The number of halogens is 2. The highest BCUT2D eigenvalue weighted by atomic mass is 19.1. The Kier molecular flexibility index (Phi) is 8.47. The van der Waals surface area contributed by atoms with Gasteiger partial charge in [0, 0.05) is 0 Å². The third-order valence-corrected chi connectivity index (χ3v) is 2.08. The zero-order valence-corrected chi connectivity index (χ0v) is 8.73. The average Bonchev–Trinajstić information content (AvgIpc) is 2.11. The topological polar surface area (TPSA) is 0 Å². The van der Waals surface area contributed by atoms with E-state index in [2.05, 4.69) is 0 Å². The molecule has 3 heteroatoms. The predicted octanol–water partition coefficient (Wildman–Crippen LogP) is 3.66. The van der Waals surface area contributed by atoms with Gasteiger partial charge >= 0.3 is 0 Å². The van der Waals surface area contributed by atoms with Crippen molar-refractivity contribution in [2.75, 3.05) is 0 Å². The van der Waals surface area contributed by atoms with Gasteiger partial charge in [-0.3, -0.25) is 8.78 Å². The third-order valence-electron chi connectivity index (χ3n) is 2.08. The van der Waals surface area contributed by atoms with Crippen LogP contribution in [-0.4, -0.2) is 19.4 Å². The highest BCUT2D eigenvalue weighted by Crippen LogP contribution is 2.09. The lowest BCUT2D eigenvalue weighted by molar-refractivity contribution is 0.360. The van der Waals surface area contributed by atoms with Gasteiger partial charge in [0.1, 0.15) is 0 Å². The second kappa shape index (κ2) is 8.52. The Morgan fingerprint density at radius 1 is 0.923 bits per heavy atom. The highest BCUT2D eigenvalue weighted by Gasteiger charge is 2.16. The lowest BCUT2D eigenvalue weighted by Gasteiger charge is -2.09. The second-order valence-electron chi connectivity index (χ2n) is 3.51.